The molecule has 1 heterocycles. The molecule has 6 rings (SSSR count). The summed E-state index contributed by atoms with van der Waals surface area (Å²) in [4.78, 5) is 39.4. The van der Waals surface area contributed by atoms with Gasteiger partial charge in [-0.2, -0.15) is 0 Å². The summed E-state index contributed by atoms with van der Waals surface area (Å²) in [5.41, 5.74) is 1.97. The minimum absolute atomic E-state index is 0.0277. The second kappa shape index (κ2) is 5.78. The minimum Gasteiger partial charge on any atom is -0.426 e. The Morgan fingerprint density at radius 1 is 1.07 bits per heavy atom. The molecule has 2 amide bonds. The van der Waals surface area contributed by atoms with E-state index >= 15 is 0 Å². The third-order valence-electron chi connectivity index (χ3n) is 7.07. The lowest BCUT2D eigenvalue weighted by Crippen LogP contribution is -2.40. The highest BCUT2D eigenvalue weighted by Gasteiger charge is 2.66. The molecular formula is C22H23NO4. The third kappa shape index (κ3) is 2.40. The van der Waals surface area contributed by atoms with Crippen LogP contribution >= 0.6 is 0 Å². The van der Waals surface area contributed by atoms with E-state index in [-0.39, 0.29) is 48.5 Å². The molecule has 140 valence electrons. The van der Waals surface area contributed by atoms with Crippen LogP contribution in [-0.2, 0) is 14.4 Å². The van der Waals surface area contributed by atoms with Gasteiger partial charge in [0, 0.05) is 6.54 Å². The first-order valence-electron chi connectivity index (χ1n) is 9.78. The Bertz CT molecular complexity index is 852. The zero-order valence-corrected chi connectivity index (χ0v) is 15.6. The molecule has 5 nitrogen and oxygen atoms in total. The molecule has 1 saturated heterocycles. The summed E-state index contributed by atoms with van der Waals surface area (Å²) in [6, 6.07) is 5.57. The van der Waals surface area contributed by atoms with Gasteiger partial charge in [-0.1, -0.05) is 24.3 Å². The Balaban J connectivity index is 1.26. The Morgan fingerprint density at radius 3 is 2.33 bits per heavy atom. The second-order valence-electron chi connectivity index (χ2n) is 8.40. The first-order chi connectivity index (χ1) is 13.0. The molecule has 5 heteroatoms. The van der Waals surface area contributed by atoms with Crippen molar-refractivity contribution >= 4 is 17.8 Å². The second-order valence-corrected chi connectivity index (χ2v) is 8.40. The maximum Gasteiger partial charge on any atom is 0.313 e. The molecule has 0 radical (unpaired) electrons. The van der Waals surface area contributed by atoms with E-state index in [1.165, 1.54) is 4.90 Å². The van der Waals surface area contributed by atoms with Gasteiger partial charge in [0.1, 0.15) is 5.75 Å². The van der Waals surface area contributed by atoms with E-state index in [2.05, 4.69) is 12.2 Å². The molecule has 1 aromatic rings. The van der Waals surface area contributed by atoms with Crippen molar-refractivity contribution < 1.29 is 19.1 Å². The van der Waals surface area contributed by atoms with Crippen molar-refractivity contribution in [3.8, 4) is 5.75 Å². The Hall–Kier alpha value is -2.43. The highest BCUT2D eigenvalue weighted by molar-refractivity contribution is 6.06. The van der Waals surface area contributed by atoms with E-state index in [1.807, 2.05) is 26.0 Å². The number of allylic oxidation sites excluding steroid dienone is 2. The van der Waals surface area contributed by atoms with Crippen LogP contribution in [0.1, 0.15) is 24.0 Å². The quantitative estimate of drug-likeness (QED) is 0.356. The summed E-state index contributed by atoms with van der Waals surface area (Å²) in [7, 11) is 0. The van der Waals surface area contributed by atoms with Crippen molar-refractivity contribution in [2.24, 2.45) is 35.5 Å². The maximum atomic E-state index is 12.9. The van der Waals surface area contributed by atoms with Gasteiger partial charge >= 0.3 is 5.97 Å². The van der Waals surface area contributed by atoms with Gasteiger partial charge in [-0.15, -0.1) is 0 Å². The van der Waals surface area contributed by atoms with E-state index in [4.69, 9.17) is 4.74 Å². The summed E-state index contributed by atoms with van der Waals surface area (Å²) in [6.45, 7) is 3.98. The highest BCUT2D eigenvalue weighted by atomic mass is 16.5. The number of imide groups is 1. The number of ether oxygens (including phenoxy) is 1. The van der Waals surface area contributed by atoms with Crippen LogP contribution in [0.5, 0.6) is 5.75 Å². The third-order valence-corrected chi connectivity index (χ3v) is 7.07. The lowest BCUT2D eigenvalue weighted by molar-refractivity contribution is -0.141. The van der Waals surface area contributed by atoms with Gasteiger partial charge in [0.15, 0.2) is 0 Å². The topological polar surface area (TPSA) is 63.7 Å². The average molecular weight is 365 g/mol. The maximum absolute atomic E-state index is 12.9. The van der Waals surface area contributed by atoms with Crippen LogP contribution < -0.4 is 4.74 Å². The Labute approximate surface area is 158 Å². The van der Waals surface area contributed by atoms with Crippen molar-refractivity contribution in [2.45, 2.75) is 26.7 Å². The largest absolute Gasteiger partial charge is 0.426 e. The zero-order valence-electron chi connectivity index (χ0n) is 15.6. The lowest BCUT2D eigenvalue weighted by atomic mass is 9.63. The normalized spacial score (nSPS) is 35.3. The van der Waals surface area contributed by atoms with Crippen LogP contribution in [-0.4, -0.2) is 29.2 Å². The number of benzene rings is 1. The van der Waals surface area contributed by atoms with Gasteiger partial charge in [0.05, 0.1) is 18.3 Å². The van der Waals surface area contributed by atoms with Crippen LogP contribution in [0.2, 0.25) is 0 Å². The Kier molecular flexibility index (Phi) is 3.58. The molecule has 0 N–H and O–H groups in total. The molecule has 4 aliphatic carbocycles. The monoisotopic (exact) mass is 365 g/mol. The molecule has 27 heavy (non-hydrogen) atoms. The first-order valence-corrected chi connectivity index (χ1v) is 9.78. The molecule has 0 unspecified atom stereocenters. The molecule has 0 spiro atoms. The number of nitrogens with zero attached hydrogens (tertiary/aromatic N) is 1. The van der Waals surface area contributed by atoms with Crippen LogP contribution in [0.3, 0.4) is 0 Å². The fourth-order valence-electron chi connectivity index (χ4n) is 5.45. The summed E-state index contributed by atoms with van der Waals surface area (Å²) < 4.78 is 5.45. The number of carbonyl (C=O) groups is 3. The van der Waals surface area contributed by atoms with Gasteiger partial charge in [-0.05, 0) is 61.1 Å². The molecule has 2 bridgehead atoms. The smallest absolute Gasteiger partial charge is 0.313 e. The SMILES string of the molecule is Cc1cccc(OC(=O)CCN2C(=O)[C@@H]3[C@H]4C=C[C@@H]([C@@H]5C[C@H]45)[C@H]3C2=O)c1C. The minimum atomic E-state index is -0.414. The van der Waals surface area contributed by atoms with E-state index in [9.17, 15) is 14.4 Å². The number of amides is 2. The van der Waals surface area contributed by atoms with Gasteiger partial charge in [-0.3, -0.25) is 19.3 Å². The summed E-state index contributed by atoms with van der Waals surface area (Å²) in [5, 5.41) is 0. The van der Waals surface area contributed by atoms with E-state index < -0.39 is 5.97 Å². The number of hydrogen-bond donors (Lipinski definition) is 0. The average Bonchev–Trinajstić information content (AvgIpc) is 3.43. The van der Waals surface area contributed by atoms with Gasteiger partial charge in [0.2, 0.25) is 11.8 Å². The van der Waals surface area contributed by atoms with Gasteiger partial charge < -0.3 is 4.74 Å². The molecule has 3 fully saturated rings. The van der Waals surface area contributed by atoms with Crippen LogP contribution in [0.15, 0.2) is 30.4 Å². The highest BCUT2D eigenvalue weighted by Crippen LogP contribution is 2.65. The number of rotatable bonds is 4. The summed E-state index contributed by atoms with van der Waals surface area (Å²) >= 11 is 0. The number of carbonyl (C=O) groups excluding carboxylic acids is 3. The van der Waals surface area contributed by atoms with Crippen molar-refractivity contribution in [3.63, 3.8) is 0 Å². The molecular weight excluding hydrogens is 342 g/mol. The molecule has 5 aliphatic rings. The molecule has 0 aromatic heterocycles. The lowest BCUT2D eigenvalue weighted by Gasteiger charge is -2.37. The molecule has 6 atom stereocenters. The van der Waals surface area contributed by atoms with Crippen molar-refractivity contribution in [1.29, 1.82) is 0 Å². The summed E-state index contributed by atoms with van der Waals surface area (Å²) in [6.07, 6.45) is 5.49. The molecule has 2 saturated carbocycles. The molecule has 1 aromatic carbocycles. The standard InChI is InChI=1S/C22H23NO4/c1-11-4-3-5-17(12(11)2)27-18(24)8-9-23-21(25)19-13-6-7-14(16-10-15(13)16)20(19)22(23)26/h3-7,13-16,19-20H,8-10H2,1-2H3/t13-,14-,15-,16+,19+,20+/m0/s1. The van der Waals surface area contributed by atoms with Crippen molar-refractivity contribution in [1.82, 2.24) is 4.90 Å². The van der Waals surface area contributed by atoms with Crippen LogP contribution in [0, 0.1) is 49.4 Å². The summed E-state index contributed by atoms with van der Waals surface area (Å²) in [5.74, 6) is 1.15. The number of likely N-dealkylation sites (tertiary alicyclic amines) is 1. The first kappa shape index (κ1) is 16.7. The van der Waals surface area contributed by atoms with Gasteiger partial charge in [0.25, 0.3) is 0 Å². The number of esters is 1. The van der Waals surface area contributed by atoms with Crippen molar-refractivity contribution in [3.05, 3.63) is 41.5 Å². The Morgan fingerprint density at radius 2 is 1.70 bits per heavy atom. The number of aryl methyl sites for hydroxylation is 1. The fourth-order valence-corrected chi connectivity index (χ4v) is 5.45. The number of hydrogen-bond acceptors (Lipinski definition) is 4. The van der Waals surface area contributed by atoms with Crippen molar-refractivity contribution in [2.75, 3.05) is 6.54 Å². The van der Waals surface area contributed by atoms with Gasteiger partial charge in [-0.25, -0.2) is 0 Å². The van der Waals surface area contributed by atoms with Crippen LogP contribution in [0.4, 0.5) is 0 Å². The van der Waals surface area contributed by atoms with Crippen LogP contribution in [0.25, 0.3) is 0 Å². The predicted molar refractivity (Wildman–Crippen MR) is 97.6 cm³/mol. The van der Waals surface area contributed by atoms with E-state index in [0.29, 0.717) is 17.6 Å². The predicted octanol–water partition coefficient (Wildman–Crippen LogP) is 2.65. The fraction of sp³-hybridized carbons (Fsp3) is 0.500. The van der Waals surface area contributed by atoms with E-state index in [0.717, 1.165) is 17.5 Å². The van der Waals surface area contributed by atoms with E-state index in [1.54, 1.807) is 6.07 Å². The molecule has 1 aliphatic heterocycles. The zero-order chi connectivity index (χ0) is 18.9.